The number of nitrogens with zero attached hydrogens (tertiary/aromatic N) is 2. The van der Waals surface area contributed by atoms with Crippen LogP contribution in [0.15, 0.2) is 131 Å². The van der Waals surface area contributed by atoms with E-state index >= 15 is 0 Å². The zero-order valence-electron chi connectivity index (χ0n) is 18.8. The molecule has 0 amide bonds. The largest absolute Gasteiger partial charge is 0.457 e. The smallest absolute Gasteiger partial charge is 0.127 e. The molecular weight excluding hydrogens is 452 g/mol. The van der Waals surface area contributed by atoms with E-state index in [9.17, 15) is 0 Å². The number of rotatable bonds is 8. The predicted molar refractivity (Wildman–Crippen MR) is 145 cm³/mol. The van der Waals surface area contributed by atoms with Gasteiger partial charge in [0.2, 0.25) is 0 Å². The zero-order valence-corrected chi connectivity index (χ0v) is 19.6. The third kappa shape index (κ3) is 6.53. The van der Waals surface area contributed by atoms with Crippen LogP contribution in [0.5, 0.6) is 23.0 Å². The fraction of sp³-hybridized carbons (Fsp3) is 0. The number of ether oxygens (including phenoxy) is 2. The molecule has 5 heteroatoms. The molecule has 0 fully saturated rings. The Morgan fingerprint density at radius 2 is 0.800 bits per heavy atom. The molecule has 5 aromatic rings. The van der Waals surface area contributed by atoms with Crippen LogP contribution >= 0.6 is 11.3 Å². The van der Waals surface area contributed by atoms with Gasteiger partial charge in [-0.15, -0.1) is 11.3 Å². The first-order valence-corrected chi connectivity index (χ1v) is 12.0. The van der Waals surface area contributed by atoms with Crippen LogP contribution in [-0.2, 0) is 0 Å². The molecule has 0 bridgehead atoms. The van der Waals surface area contributed by atoms with Crippen LogP contribution in [0.4, 0.5) is 11.4 Å². The number of hydrogen-bond acceptors (Lipinski definition) is 5. The summed E-state index contributed by atoms with van der Waals surface area (Å²) in [5, 5.41) is 0. The van der Waals surface area contributed by atoms with Crippen molar-refractivity contribution in [2.45, 2.75) is 0 Å². The maximum atomic E-state index is 5.82. The van der Waals surface area contributed by atoms with Crippen molar-refractivity contribution in [2.24, 2.45) is 9.98 Å². The SMILES string of the molecule is C(=Nc1ccc(Oc2ccccc2)cc1)c1ccc(C=Nc2ccc(Oc3ccccc3)cc2)s1. The fourth-order valence-corrected chi connectivity index (χ4v) is 3.99. The van der Waals surface area contributed by atoms with E-state index in [-0.39, 0.29) is 0 Å². The van der Waals surface area contributed by atoms with Crippen molar-refractivity contribution in [2.75, 3.05) is 0 Å². The van der Waals surface area contributed by atoms with E-state index in [4.69, 9.17) is 9.47 Å². The number of benzene rings is 4. The summed E-state index contributed by atoms with van der Waals surface area (Å²) in [7, 11) is 0. The summed E-state index contributed by atoms with van der Waals surface area (Å²) in [6.07, 6.45) is 3.73. The van der Waals surface area contributed by atoms with Gasteiger partial charge in [-0.1, -0.05) is 36.4 Å². The summed E-state index contributed by atoms with van der Waals surface area (Å²) in [5.74, 6) is 3.19. The standard InChI is InChI=1S/C30H22N2O2S/c1-3-7-25(8-4-1)33-27-15-11-23(12-16-27)31-21-29-19-20-30(35-29)22-32-24-13-17-28(18-14-24)34-26-9-5-2-6-10-26/h1-22H. The average Bonchev–Trinajstić information content (AvgIpc) is 3.37. The second-order valence-electron chi connectivity index (χ2n) is 7.57. The lowest BCUT2D eigenvalue weighted by atomic mass is 10.3. The van der Waals surface area contributed by atoms with Gasteiger partial charge in [-0.25, -0.2) is 0 Å². The Hall–Kier alpha value is -4.48. The Bertz CT molecular complexity index is 1300. The highest BCUT2D eigenvalue weighted by Gasteiger charge is 2.00. The second-order valence-corrected chi connectivity index (χ2v) is 8.72. The normalized spacial score (nSPS) is 11.2. The zero-order chi connectivity index (χ0) is 23.7. The van der Waals surface area contributed by atoms with Gasteiger partial charge in [-0.2, -0.15) is 0 Å². The van der Waals surface area contributed by atoms with Gasteiger partial charge < -0.3 is 9.47 Å². The van der Waals surface area contributed by atoms with Crippen molar-refractivity contribution in [3.63, 3.8) is 0 Å². The molecule has 0 atom stereocenters. The molecule has 35 heavy (non-hydrogen) atoms. The molecule has 1 heterocycles. The van der Waals surface area contributed by atoms with Gasteiger partial charge in [0.25, 0.3) is 0 Å². The molecule has 0 aliphatic rings. The van der Waals surface area contributed by atoms with Crippen LogP contribution in [0, 0.1) is 0 Å². The Kier molecular flexibility index (Phi) is 7.08. The first-order valence-electron chi connectivity index (χ1n) is 11.1. The van der Waals surface area contributed by atoms with E-state index in [1.165, 1.54) is 0 Å². The van der Waals surface area contributed by atoms with Crippen molar-refractivity contribution in [3.8, 4) is 23.0 Å². The lowest BCUT2D eigenvalue weighted by Gasteiger charge is -2.05. The molecule has 4 aromatic carbocycles. The summed E-state index contributed by atoms with van der Waals surface area (Å²) in [6, 6.07) is 39.0. The third-order valence-corrected chi connectivity index (χ3v) is 5.91. The molecule has 0 unspecified atom stereocenters. The minimum Gasteiger partial charge on any atom is -0.457 e. The van der Waals surface area contributed by atoms with Crippen molar-refractivity contribution in [1.29, 1.82) is 0 Å². The summed E-state index contributed by atoms with van der Waals surface area (Å²) < 4.78 is 11.6. The first kappa shape index (κ1) is 22.3. The highest BCUT2D eigenvalue weighted by molar-refractivity contribution is 7.15. The van der Waals surface area contributed by atoms with Gasteiger partial charge in [-0.05, 0) is 84.9 Å². The van der Waals surface area contributed by atoms with Gasteiger partial charge in [0, 0.05) is 22.2 Å². The minimum absolute atomic E-state index is 0.782. The topological polar surface area (TPSA) is 43.2 Å². The summed E-state index contributed by atoms with van der Waals surface area (Å²) in [6.45, 7) is 0. The molecule has 4 nitrogen and oxygen atoms in total. The van der Waals surface area contributed by atoms with Crippen molar-refractivity contribution in [3.05, 3.63) is 131 Å². The minimum atomic E-state index is 0.782. The lowest BCUT2D eigenvalue weighted by Crippen LogP contribution is -1.82. The number of thiophene rings is 1. The quantitative estimate of drug-likeness (QED) is 0.211. The van der Waals surface area contributed by atoms with E-state index in [0.29, 0.717) is 0 Å². The molecule has 170 valence electrons. The van der Waals surface area contributed by atoms with Gasteiger partial charge in [0.05, 0.1) is 11.4 Å². The molecule has 0 spiro atoms. The van der Waals surface area contributed by atoms with E-state index in [2.05, 4.69) is 9.98 Å². The molecule has 0 aliphatic carbocycles. The van der Waals surface area contributed by atoms with Crippen LogP contribution in [0.3, 0.4) is 0 Å². The van der Waals surface area contributed by atoms with E-state index < -0.39 is 0 Å². The van der Waals surface area contributed by atoms with Gasteiger partial charge >= 0.3 is 0 Å². The average molecular weight is 475 g/mol. The summed E-state index contributed by atoms with van der Waals surface area (Å²) in [4.78, 5) is 11.3. The van der Waals surface area contributed by atoms with Crippen molar-refractivity contribution in [1.82, 2.24) is 0 Å². The van der Waals surface area contributed by atoms with Gasteiger partial charge in [0.15, 0.2) is 0 Å². The number of para-hydroxylation sites is 2. The van der Waals surface area contributed by atoms with E-state index in [1.807, 2.05) is 134 Å². The highest BCUT2D eigenvalue weighted by Crippen LogP contribution is 2.25. The molecule has 0 saturated carbocycles. The Balaban J connectivity index is 1.16. The van der Waals surface area contributed by atoms with Crippen LogP contribution in [-0.4, -0.2) is 12.4 Å². The molecule has 0 N–H and O–H groups in total. The Morgan fingerprint density at radius 3 is 1.20 bits per heavy atom. The second kappa shape index (κ2) is 11.1. The molecule has 5 rings (SSSR count). The number of hydrogen-bond donors (Lipinski definition) is 0. The molecule has 0 aliphatic heterocycles. The number of aliphatic imine (C=N–C) groups is 2. The fourth-order valence-electron chi connectivity index (χ4n) is 3.23. The maximum Gasteiger partial charge on any atom is 0.127 e. The van der Waals surface area contributed by atoms with Crippen LogP contribution < -0.4 is 9.47 Å². The van der Waals surface area contributed by atoms with Crippen LogP contribution in [0.2, 0.25) is 0 Å². The van der Waals surface area contributed by atoms with E-state index in [0.717, 1.165) is 44.1 Å². The lowest BCUT2D eigenvalue weighted by molar-refractivity contribution is 0.482. The van der Waals surface area contributed by atoms with Crippen molar-refractivity contribution >= 4 is 35.1 Å². The van der Waals surface area contributed by atoms with Crippen LogP contribution in [0.25, 0.3) is 0 Å². The highest BCUT2D eigenvalue weighted by atomic mass is 32.1. The predicted octanol–water partition coefficient (Wildman–Crippen LogP) is 8.83. The first-order chi connectivity index (χ1) is 17.3. The molecule has 1 aromatic heterocycles. The van der Waals surface area contributed by atoms with E-state index in [1.54, 1.807) is 11.3 Å². The maximum absolute atomic E-state index is 5.82. The van der Waals surface area contributed by atoms with Gasteiger partial charge in [0.1, 0.15) is 23.0 Å². The monoisotopic (exact) mass is 474 g/mol. The molecular formula is C30H22N2O2S. The van der Waals surface area contributed by atoms with Crippen LogP contribution in [0.1, 0.15) is 9.75 Å². The molecule has 0 saturated heterocycles. The Morgan fingerprint density at radius 1 is 0.429 bits per heavy atom. The summed E-state index contributed by atoms with van der Waals surface area (Å²) >= 11 is 1.63. The van der Waals surface area contributed by atoms with Crippen molar-refractivity contribution < 1.29 is 9.47 Å². The van der Waals surface area contributed by atoms with Gasteiger partial charge in [-0.3, -0.25) is 9.98 Å². The molecule has 0 radical (unpaired) electrons. The summed E-state index contributed by atoms with van der Waals surface area (Å²) in [5.41, 5.74) is 1.73. The third-order valence-electron chi connectivity index (χ3n) is 4.96. The Labute approximate surface area is 208 Å².